The highest BCUT2D eigenvalue weighted by molar-refractivity contribution is 9.10. The fourth-order valence-electron chi connectivity index (χ4n) is 2.35. The van der Waals surface area contributed by atoms with E-state index in [1.165, 1.54) is 18.3 Å². The Labute approximate surface area is 159 Å². The van der Waals surface area contributed by atoms with Gasteiger partial charge in [-0.05, 0) is 30.3 Å². The lowest BCUT2D eigenvalue weighted by Gasteiger charge is -2.14. The van der Waals surface area contributed by atoms with E-state index in [-0.39, 0.29) is 12.2 Å². The Morgan fingerprint density at radius 1 is 1.30 bits per heavy atom. The first kappa shape index (κ1) is 18.6. The van der Waals surface area contributed by atoms with Gasteiger partial charge in [-0.1, -0.05) is 15.9 Å². The Balaban J connectivity index is 2.07. The van der Waals surface area contributed by atoms with Gasteiger partial charge in [-0.2, -0.15) is 14.6 Å². The molecule has 0 spiro atoms. The lowest BCUT2D eigenvalue weighted by atomic mass is 10.2. The lowest BCUT2D eigenvalue weighted by molar-refractivity contribution is 0.0696. The van der Waals surface area contributed by atoms with Crippen LogP contribution in [0.15, 0.2) is 52.0 Å². The molecule has 0 aliphatic heterocycles. The number of halogens is 3. The molecule has 0 saturated carbocycles. The van der Waals surface area contributed by atoms with Gasteiger partial charge in [0.05, 0.1) is 23.6 Å². The minimum Gasteiger partial charge on any atom is -0.478 e. The summed E-state index contributed by atoms with van der Waals surface area (Å²) in [6.07, 6.45) is 2.40. The predicted octanol–water partition coefficient (Wildman–Crippen LogP) is 3.17. The number of aromatic nitrogens is 3. The van der Waals surface area contributed by atoms with Crippen LogP contribution in [0.2, 0.25) is 0 Å². The van der Waals surface area contributed by atoms with E-state index < -0.39 is 34.4 Å². The second-order valence-corrected chi connectivity index (χ2v) is 6.35. The van der Waals surface area contributed by atoms with Gasteiger partial charge in [0.15, 0.2) is 0 Å². The zero-order valence-electron chi connectivity index (χ0n) is 13.5. The number of pyridine rings is 1. The molecule has 2 N–H and O–H groups in total. The van der Waals surface area contributed by atoms with Crippen LogP contribution in [0.25, 0.3) is 0 Å². The highest BCUT2D eigenvalue weighted by atomic mass is 79.9. The summed E-state index contributed by atoms with van der Waals surface area (Å²) < 4.78 is 30.0. The molecule has 0 unspecified atom stereocenters. The van der Waals surface area contributed by atoms with Crippen molar-refractivity contribution in [3.63, 3.8) is 0 Å². The minimum absolute atomic E-state index is 0.170. The largest absolute Gasteiger partial charge is 0.478 e. The van der Waals surface area contributed by atoms with Crippen LogP contribution < -0.4 is 10.9 Å². The molecule has 0 fully saturated rings. The molecule has 0 bridgehead atoms. The topological polar surface area (TPSA) is 97.1 Å². The Morgan fingerprint density at radius 3 is 2.70 bits per heavy atom. The number of carbonyl (C=O) groups is 1. The molecule has 1 aromatic carbocycles. The molecule has 0 aliphatic carbocycles. The summed E-state index contributed by atoms with van der Waals surface area (Å²) in [7, 11) is 0. The highest BCUT2D eigenvalue weighted by Gasteiger charge is 2.22. The molecule has 2 aromatic heterocycles. The first-order chi connectivity index (χ1) is 12.9. The van der Waals surface area contributed by atoms with Crippen LogP contribution in [0.3, 0.4) is 0 Å². The van der Waals surface area contributed by atoms with Gasteiger partial charge in [0.1, 0.15) is 11.4 Å². The third kappa shape index (κ3) is 4.00. The van der Waals surface area contributed by atoms with Crippen LogP contribution in [0.5, 0.6) is 0 Å². The normalized spacial score (nSPS) is 10.6. The van der Waals surface area contributed by atoms with Crippen LogP contribution in [0, 0.1) is 11.6 Å². The Kier molecular flexibility index (Phi) is 5.26. The third-order valence-electron chi connectivity index (χ3n) is 3.60. The molecule has 0 radical (unpaired) electrons. The van der Waals surface area contributed by atoms with Crippen molar-refractivity contribution in [3.8, 4) is 0 Å². The number of nitrogens with one attached hydrogen (secondary N) is 1. The van der Waals surface area contributed by atoms with Crippen molar-refractivity contribution < 1.29 is 18.7 Å². The van der Waals surface area contributed by atoms with Crippen molar-refractivity contribution in [1.29, 1.82) is 0 Å². The summed E-state index contributed by atoms with van der Waals surface area (Å²) in [4.78, 5) is 23.9. The van der Waals surface area contributed by atoms with E-state index in [9.17, 15) is 23.5 Å². The molecular formula is C17H11BrF2N4O3. The van der Waals surface area contributed by atoms with Gasteiger partial charge in [0.25, 0.3) is 5.56 Å². The van der Waals surface area contributed by atoms with Crippen molar-refractivity contribution in [2.45, 2.75) is 6.54 Å². The monoisotopic (exact) mass is 436 g/mol. The predicted molar refractivity (Wildman–Crippen MR) is 96.1 cm³/mol. The summed E-state index contributed by atoms with van der Waals surface area (Å²) in [5, 5.41) is 19.2. The van der Waals surface area contributed by atoms with E-state index in [4.69, 9.17) is 0 Å². The molecule has 3 aromatic rings. The number of benzene rings is 1. The minimum atomic E-state index is -1.48. The van der Waals surface area contributed by atoms with Crippen molar-refractivity contribution >= 4 is 33.3 Å². The van der Waals surface area contributed by atoms with Crippen molar-refractivity contribution in [2.75, 3.05) is 5.32 Å². The van der Waals surface area contributed by atoms with Crippen molar-refractivity contribution in [3.05, 3.63) is 80.4 Å². The second-order valence-electron chi connectivity index (χ2n) is 5.43. The first-order valence-electron chi connectivity index (χ1n) is 7.51. The van der Waals surface area contributed by atoms with Crippen molar-refractivity contribution in [2.24, 2.45) is 0 Å². The van der Waals surface area contributed by atoms with Gasteiger partial charge in [-0.15, -0.1) is 0 Å². The summed E-state index contributed by atoms with van der Waals surface area (Å²) in [5.41, 5.74) is -2.06. The Morgan fingerprint density at radius 2 is 2.07 bits per heavy atom. The van der Waals surface area contributed by atoms with Gasteiger partial charge < -0.3 is 15.0 Å². The SMILES string of the molecule is O=C(O)c1cn(Cc2cccnn2)c(=O)c(F)c1Nc1ccc(Br)cc1F. The number of hydrogen-bond acceptors (Lipinski definition) is 5. The van der Waals surface area contributed by atoms with E-state index in [2.05, 4.69) is 31.4 Å². The number of carboxylic acids is 1. The summed E-state index contributed by atoms with van der Waals surface area (Å²) in [6, 6.07) is 7.03. The highest BCUT2D eigenvalue weighted by Crippen LogP contribution is 2.26. The fourth-order valence-corrected chi connectivity index (χ4v) is 2.68. The molecule has 0 amide bonds. The van der Waals surface area contributed by atoms with Crippen LogP contribution in [0.1, 0.15) is 16.1 Å². The number of nitrogens with zero attached hydrogens (tertiary/aromatic N) is 3. The molecule has 2 heterocycles. The molecule has 0 saturated heterocycles. The third-order valence-corrected chi connectivity index (χ3v) is 4.10. The molecule has 3 rings (SSSR count). The van der Waals surface area contributed by atoms with Gasteiger partial charge >= 0.3 is 5.97 Å². The number of carboxylic acid groups (broad SMARTS) is 1. The van der Waals surface area contributed by atoms with Gasteiger partial charge in [0, 0.05) is 16.9 Å². The summed E-state index contributed by atoms with van der Waals surface area (Å²) >= 11 is 3.09. The molecule has 10 heteroatoms. The number of rotatable bonds is 5. The van der Waals surface area contributed by atoms with Crippen LogP contribution in [0.4, 0.5) is 20.2 Å². The molecule has 0 aliphatic rings. The Bertz CT molecular complexity index is 1070. The quantitative estimate of drug-likeness (QED) is 0.637. The number of aromatic carboxylic acids is 1. The maximum Gasteiger partial charge on any atom is 0.339 e. The van der Waals surface area contributed by atoms with Gasteiger partial charge in [-0.25, -0.2) is 9.18 Å². The van der Waals surface area contributed by atoms with Crippen LogP contribution in [-0.2, 0) is 6.54 Å². The number of anilines is 2. The second kappa shape index (κ2) is 7.62. The van der Waals surface area contributed by atoms with Crippen LogP contribution in [-0.4, -0.2) is 25.8 Å². The van der Waals surface area contributed by atoms with Gasteiger partial charge in [0.2, 0.25) is 5.82 Å². The smallest absolute Gasteiger partial charge is 0.339 e. The molecule has 0 atom stereocenters. The average molecular weight is 437 g/mol. The summed E-state index contributed by atoms with van der Waals surface area (Å²) in [5.74, 6) is -3.58. The van der Waals surface area contributed by atoms with E-state index in [0.29, 0.717) is 10.2 Å². The zero-order valence-corrected chi connectivity index (χ0v) is 15.1. The standard InChI is InChI=1S/C17H11BrF2N4O3/c18-9-3-4-13(12(19)6-9)22-15-11(17(26)27)8-24(16(25)14(15)20)7-10-2-1-5-21-23-10/h1-6,8,22H,7H2,(H,26,27). The fraction of sp³-hybridized carbons (Fsp3) is 0.0588. The first-order valence-corrected chi connectivity index (χ1v) is 8.31. The molecule has 138 valence electrons. The van der Waals surface area contributed by atoms with E-state index in [1.807, 2.05) is 0 Å². The molecule has 7 nitrogen and oxygen atoms in total. The van der Waals surface area contributed by atoms with E-state index in [1.54, 1.807) is 12.1 Å². The van der Waals surface area contributed by atoms with Gasteiger partial charge in [-0.3, -0.25) is 4.79 Å². The molecular weight excluding hydrogens is 426 g/mol. The number of hydrogen-bond donors (Lipinski definition) is 2. The maximum absolute atomic E-state index is 14.7. The van der Waals surface area contributed by atoms with Crippen LogP contribution >= 0.6 is 15.9 Å². The van der Waals surface area contributed by atoms with E-state index >= 15 is 0 Å². The lowest BCUT2D eigenvalue weighted by Crippen LogP contribution is -2.27. The Hall–Kier alpha value is -3.14. The zero-order chi connectivity index (χ0) is 19.6. The van der Waals surface area contributed by atoms with Crippen molar-refractivity contribution in [1.82, 2.24) is 14.8 Å². The van der Waals surface area contributed by atoms with E-state index in [0.717, 1.165) is 16.8 Å². The molecule has 27 heavy (non-hydrogen) atoms. The summed E-state index contributed by atoms with van der Waals surface area (Å²) in [6.45, 7) is -0.170. The average Bonchev–Trinajstić information content (AvgIpc) is 2.63. The maximum atomic E-state index is 14.7.